The van der Waals surface area contributed by atoms with Gasteiger partial charge in [-0.05, 0) is 12.1 Å². The van der Waals surface area contributed by atoms with E-state index in [9.17, 15) is 15.2 Å². The lowest BCUT2D eigenvalue weighted by Gasteiger charge is -2.10. The Morgan fingerprint density at radius 2 is 2.29 bits per heavy atom. The molecule has 0 amide bonds. The van der Waals surface area contributed by atoms with Gasteiger partial charge in [-0.15, -0.1) is 0 Å². The van der Waals surface area contributed by atoms with Crippen LogP contribution in [-0.4, -0.2) is 36.4 Å². The van der Waals surface area contributed by atoms with Gasteiger partial charge in [0.25, 0.3) is 0 Å². The Balaban J connectivity index is 2.87. The summed E-state index contributed by atoms with van der Waals surface area (Å²) in [6.45, 7) is -0.0619. The van der Waals surface area contributed by atoms with Crippen molar-refractivity contribution in [1.29, 1.82) is 0 Å². The fourth-order valence-electron chi connectivity index (χ4n) is 1.14. The van der Waals surface area contributed by atoms with E-state index in [1.807, 2.05) is 0 Å². The molecule has 1 atom stereocenters. The second-order valence-electron chi connectivity index (χ2n) is 3.29. The number of nitro groups is 1. The van der Waals surface area contributed by atoms with Crippen molar-refractivity contribution in [3.63, 3.8) is 0 Å². The molecule has 0 aromatic heterocycles. The highest BCUT2D eigenvalue weighted by molar-refractivity contribution is 5.50. The van der Waals surface area contributed by atoms with Crippen molar-refractivity contribution in [2.24, 2.45) is 5.73 Å². The van der Waals surface area contributed by atoms with Gasteiger partial charge in [-0.2, -0.15) is 0 Å². The lowest BCUT2D eigenvalue weighted by atomic mass is 10.2. The molecule has 1 aromatic carbocycles. The van der Waals surface area contributed by atoms with Crippen molar-refractivity contribution in [2.75, 3.05) is 20.3 Å². The van der Waals surface area contributed by atoms with E-state index in [-0.39, 0.29) is 24.6 Å². The highest BCUT2D eigenvalue weighted by atomic mass is 16.6. The number of rotatable bonds is 6. The maximum atomic E-state index is 10.8. The number of ether oxygens (including phenoxy) is 2. The molecule has 7 heteroatoms. The highest BCUT2D eigenvalue weighted by Gasteiger charge is 2.17. The number of methoxy groups -OCH3 is 1. The van der Waals surface area contributed by atoms with Crippen molar-refractivity contribution in [2.45, 2.75) is 6.10 Å². The smallest absolute Gasteiger partial charge is 0.314 e. The molecule has 0 aliphatic heterocycles. The van der Waals surface area contributed by atoms with Gasteiger partial charge >= 0.3 is 5.69 Å². The molecule has 1 unspecified atom stereocenters. The molecule has 7 nitrogen and oxygen atoms in total. The van der Waals surface area contributed by atoms with E-state index in [1.54, 1.807) is 0 Å². The molecular weight excluding hydrogens is 228 g/mol. The third kappa shape index (κ3) is 3.58. The standard InChI is InChI=1S/C10H14N2O5/c1-16-8-2-3-10(9(4-8)12(14)15)17-6-7(13)5-11/h2-4,7,13H,5-6,11H2,1H3. The van der Waals surface area contributed by atoms with Crippen molar-refractivity contribution >= 4 is 5.69 Å². The Bertz CT molecular complexity index is 396. The van der Waals surface area contributed by atoms with Crippen LogP contribution >= 0.6 is 0 Å². The molecular formula is C10H14N2O5. The van der Waals surface area contributed by atoms with Crippen LogP contribution in [-0.2, 0) is 0 Å². The van der Waals surface area contributed by atoms with Gasteiger partial charge in [0, 0.05) is 6.54 Å². The van der Waals surface area contributed by atoms with Gasteiger partial charge in [-0.25, -0.2) is 0 Å². The van der Waals surface area contributed by atoms with E-state index < -0.39 is 11.0 Å². The average molecular weight is 242 g/mol. The van der Waals surface area contributed by atoms with Crippen LogP contribution in [0.5, 0.6) is 11.5 Å². The van der Waals surface area contributed by atoms with Gasteiger partial charge in [0.05, 0.1) is 18.1 Å². The van der Waals surface area contributed by atoms with Gasteiger partial charge in [-0.3, -0.25) is 10.1 Å². The summed E-state index contributed by atoms with van der Waals surface area (Å²) in [5, 5.41) is 20.0. The molecule has 0 radical (unpaired) electrons. The van der Waals surface area contributed by atoms with Gasteiger partial charge in [0.2, 0.25) is 0 Å². The molecule has 0 fully saturated rings. The monoisotopic (exact) mass is 242 g/mol. The average Bonchev–Trinajstić information content (AvgIpc) is 2.35. The number of nitro benzene ring substituents is 1. The number of nitrogens with zero attached hydrogens (tertiary/aromatic N) is 1. The zero-order valence-electron chi connectivity index (χ0n) is 9.33. The minimum absolute atomic E-state index is 0.0317. The zero-order valence-corrected chi connectivity index (χ0v) is 9.33. The first kappa shape index (κ1) is 13.2. The molecule has 1 aromatic rings. The van der Waals surface area contributed by atoms with Gasteiger partial charge in [0.1, 0.15) is 18.5 Å². The molecule has 94 valence electrons. The van der Waals surface area contributed by atoms with Gasteiger partial charge in [0.15, 0.2) is 5.75 Å². The van der Waals surface area contributed by atoms with Gasteiger partial charge < -0.3 is 20.3 Å². The summed E-state index contributed by atoms with van der Waals surface area (Å²) in [7, 11) is 1.41. The van der Waals surface area contributed by atoms with E-state index in [2.05, 4.69) is 0 Å². The summed E-state index contributed by atoms with van der Waals surface area (Å²) in [4.78, 5) is 10.2. The van der Waals surface area contributed by atoms with E-state index in [1.165, 1.54) is 25.3 Å². The second-order valence-corrected chi connectivity index (χ2v) is 3.29. The van der Waals surface area contributed by atoms with Crippen LogP contribution in [0.4, 0.5) is 5.69 Å². The summed E-state index contributed by atoms with van der Waals surface area (Å²) >= 11 is 0. The van der Waals surface area contributed by atoms with Gasteiger partial charge in [-0.1, -0.05) is 0 Å². The quantitative estimate of drug-likeness (QED) is 0.548. The number of benzene rings is 1. The van der Waals surface area contributed by atoms with Crippen LogP contribution in [0.2, 0.25) is 0 Å². The summed E-state index contributed by atoms with van der Waals surface area (Å²) in [5.74, 6) is 0.437. The van der Waals surface area contributed by atoms with Crippen LogP contribution in [0.15, 0.2) is 18.2 Å². The summed E-state index contributed by atoms with van der Waals surface area (Å²) in [6, 6.07) is 4.21. The minimum Gasteiger partial charge on any atom is -0.496 e. The second kappa shape index (κ2) is 6.02. The van der Waals surface area contributed by atoms with Crippen molar-refractivity contribution in [3.05, 3.63) is 28.3 Å². The van der Waals surface area contributed by atoms with E-state index in [4.69, 9.17) is 15.2 Å². The lowest BCUT2D eigenvalue weighted by Crippen LogP contribution is -2.26. The fraction of sp³-hybridized carbons (Fsp3) is 0.400. The SMILES string of the molecule is COc1ccc(OCC(O)CN)c([N+](=O)[O-])c1. The topological polar surface area (TPSA) is 108 Å². The minimum atomic E-state index is -0.850. The molecule has 0 aliphatic carbocycles. The third-order valence-electron chi connectivity index (χ3n) is 2.07. The molecule has 3 N–H and O–H groups in total. The predicted molar refractivity (Wildman–Crippen MR) is 60.2 cm³/mol. The van der Waals surface area contributed by atoms with Crippen LogP contribution in [0.25, 0.3) is 0 Å². The molecule has 0 aliphatic rings. The van der Waals surface area contributed by atoms with Crippen molar-refractivity contribution in [3.8, 4) is 11.5 Å². The number of hydrogen-bond donors (Lipinski definition) is 2. The number of hydrogen-bond acceptors (Lipinski definition) is 6. The van der Waals surface area contributed by atoms with Crippen molar-refractivity contribution < 1.29 is 19.5 Å². The molecule has 0 spiro atoms. The van der Waals surface area contributed by atoms with E-state index in [0.29, 0.717) is 5.75 Å². The summed E-state index contributed by atoms with van der Waals surface area (Å²) in [5.41, 5.74) is 4.98. The number of nitrogens with two attached hydrogens (primary N) is 1. The lowest BCUT2D eigenvalue weighted by molar-refractivity contribution is -0.386. The van der Waals surface area contributed by atoms with Crippen LogP contribution in [0.1, 0.15) is 0 Å². The highest BCUT2D eigenvalue weighted by Crippen LogP contribution is 2.30. The van der Waals surface area contributed by atoms with Crippen LogP contribution in [0.3, 0.4) is 0 Å². The predicted octanol–water partition coefficient (Wildman–Crippen LogP) is 0.302. The fourth-order valence-corrected chi connectivity index (χ4v) is 1.14. The Labute approximate surface area is 97.9 Å². The molecule has 0 heterocycles. The first-order valence-corrected chi connectivity index (χ1v) is 4.91. The molecule has 0 bridgehead atoms. The molecule has 0 saturated carbocycles. The van der Waals surface area contributed by atoms with Crippen molar-refractivity contribution in [1.82, 2.24) is 0 Å². The van der Waals surface area contributed by atoms with Crippen LogP contribution in [0, 0.1) is 10.1 Å². The summed E-state index contributed by atoms with van der Waals surface area (Å²) in [6.07, 6.45) is -0.850. The number of aliphatic hydroxyl groups is 1. The first-order valence-electron chi connectivity index (χ1n) is 4.91. The third-order valence-corrected chi connectivity index (χ3v) is 2.07. The zero-order chi connectivity index (χ0) is 12.8. The van der Waals surface area contributed by atoms with E-state index in [0.717, 1.165) is 0 Å². The molecule has 1 rings (SSSR count). The Morgan fingerprint density at radius 1 is 1.59 bits per heavy atom. The first-order chi connectivity index (χ1) is 8.08. The number of aliphatic hydroxyl groups excluding tert-OH is 1. The summed E-state index contributed by atoms with van der Waals surface area (Å²) < 4.78 is 10.0. The molecule has 17 heavy (non-hydrogen) atoms. The van der Waals surface area contributed by atoms with E-state index >= 15 is 0 Å². The Hall–Kier alpha value is -1.86. The Morgan fingerprint density at radius 3 is 2.82 bits per heavy atom. The Kier molecular flexibility index (Phi) is 4.68. The maximum absolute atomic E-state index is 10.8. The molecule has 0 saturated heterocycles. The maximum Gasteiger partial charge on any atom is 0.314 e. The normalized spacial score (nSPS) is 11.9. The van der Waals surface area contributed by atoms with Crippen LogP contribution < -0.4 is 15.2 Å². The largest absolute Gasteiger partial charge is 0.496 e.